The lowest BCUT2D eigenvalue weighted by atomic mass is 9.86. The van der Waals surface area contributed by atoms with Gasteiger partial charge >= 0.3 is 5.97 Å². The fourth-order valence-corrected chi connectivity index (χ4v) is 2.43. The van der Waals surface area contributed by atoms with Crippen molar-refractivity contribution in [2.75, 3.05) is 6.61 Å². The molecule has 2 rings (SSSR count). The van der Waals surface area contributed by atoms with Crippen LogP contribution in [0.2, 0.25) is 0 Å². The van der Waals surface area contributed by atoms with Gasteiger partial charge in [0.25, 0.3) is 0 Å². The first-order valence-electron chi connectivity index (χ1n) is 7.14. The van der Waals surface area contributed by atoms with Gasteiger partial charge in [-0.05, 0) is 49.8 Å². The molecule has 1 aromatic carbocycles. The molecule has 0 heterocycles. The zero-order valence-electron chi connectivity index (χ0n) is 12.5. The number of phenols is 3. The molecule has 0 amide bonds. The van der Waals surface area contributed by atoms with Crippen LogP contribution in [0.1, 0.15) is 36.5 Å². The Morgan fingerprint density at radius 2 is 1.95 bits per heavy atom. The molecule has 3 N–H and O–H groups in total. The van der Waals surface area contributed by atoms with Gasteiger partial charge in [-0.15, -0.1) is 0 Å². The SMILES string of the molecule is C=C(C)C1CC=C(COC(=O)c2cc(O)c(O)c(O)c2)CC1. The average molecular weight is 304 g/mol. The number of benzene rings is 1. The molecule has 1 unspecified atom stereocenters. The van der Waals surface area contributed by atoms with E-state index in [0.717, 1.165) is 37.0 Å². The molecule has 1 aromatic rings. The summed E-state index contributed by atoms with van der Waals surface area (Å²) in [6.45, 7) is 6.16. The number of aromatic hydroxyl groups is 3. The van der Waals surface area contributed by atoms with Crippen LogP contribution in [0.25, 0.3) is 0 Å². The van der Waals surface area contributed by atoms with Crippen LogP contribution >= 0.6 is 0 Å². The van der Waals surface area contributed by atoms with Gasteiger partial charge in [0, 0.05) is 0 Å². The molecule has 118 valence electrons. The van der Waals surface area contributed by atoms with Gasteiger partial charge in [-0.3, -0.25) is 0 Å². The van der Waals surface area contributed by atoms with Crippen molar-refractivity contribution in [2.24, 2.45) is 5.92 Å². The molecule has 0 radical (unpaired) electrons. The van der Waals surface area contributed by atoms with E-state index < -0.39 is 23.2 Å². The quantitative estimate of drug-likeness (QED) is 0.451. The molecular formula is C17H20O5. The Bertz CT molecular complexity index is 607. The minimum absolute atomic E-state index is 0.0102. The van der Waals surface area contributed by atoms with Gasteiger partial charge in [0.15, 0.2) is 17.2 Å². The van der Waals surface area contributed by atoms with Crippen molar-refractivity contribution in [1.82, 2.24) is 0 Å². The maximum absolute atomic E-state index is 11.9. The van der Waals surface area contributed by atoms with E-state index in [1.54, 1.807) is 0 Å². The Morgan fingerprint density at radius 1 is 1.32 bits per heavy atom. The highest BCUT2D eigenvalue weighted by Crippen LogP contribution is 2.35. The number of phenolic OH excluding ortho intramolecular Hbond substituents is 3. The van der Waals surface area contributed by atoms with Crippen LogP contribution < -0.4 is 0 Å². The summed E-state index contributed by atoms with van der Waals surface area (Å²) in [6, 6.07) is 2.12. The first-order valence-corrected chi connectivity index (χ1v) is 7.14. The predicted octanol–water partition coefficient (Wildman–Crippen LogP) is 3.26. The summed E-state index contributed by atoms with van der Waals surface area (Å²) >= 11 is 0. The Morgan fingerprint density at radius 3 is 2.45 bits per heavy atom. The number of carbonyl (C=O) groups is 1. The average Bonchev–Trinajstić information content (AvgIpc) is 2.50. The summed E-state index contributed by atoms with van der Waals surface area (Å²) in [5.74, 6) is -1.95. The van der Waals surface area contributed by atoms with Crippen LogP contribution in [0, 0.1) is 5.92 Å². The van der Waals surface area contributed by atoms with Crippen molar-refractivity contribution in [2.45, 2.75) is 26.2 Å². The van der Waals surface area contributed by atoms with Crippen LogP contribution in [-0.4, -0.2) is 27.9 Å². The number of carbonyl (C=O) groups excluding carboxylic acids is 1. The van der Waals surface area contributed by atoms with E-state index in [1.165, 1.54) is 5.57 Å². The van der Waals surface area contributed by atoms with Gasteiger partial charge in [-0.25, -0.2) is 4.79 Å². The molecule has 1 aliphatic rings. The summed E-state index contributed by atoms with van der Waals surface area (Å²) in [7, 11) is 0. The topological polar surface area (TPSA) is 87.0 Å². The molecule has 0 bridgehead atoms. The molecule has 0 spiro atoms. The normalized spacial score (nSPS) is 17.7. The van der Waals surface area contributed by atoms with E-state index in [0.29, 0.717) is 5.92 Å². The van der Waals surface area contributed by atoms with Crippen molar-refractivity contribution in [3.63, 3.8) is 0 Å². The molecule has 5 nitrogen and oxygen atoms in total. The smallest absolute Gasteiger partial charge is 0.338 e. The van der Waals surface area contributed by atoms with Gasteiger partial charge in [0.1, 0.15) is 6.61 Å². The standard InChI is InChI=1S/C17H20O5/c1-10(2)12-5-3-11(4-6-12)9-22-17(21)13-7-14(18)16(20)15(19)8-13/h3,7-8,12,18-20H,1,4-6,9H2,2H3. The maximum Gasteiger partial charge on any atom is 0.338 e. The second kappa shape index (κ2) is 6.56. The molecule has 22 heavy (non-hydrogen) atoms. The van der Waals surface area contributed by atoms with E-state index in [2.05, 4.69) is 12.7 Å². The summed E-state index contributed by atoms with van der Waals surface area (Å²) < 4.78 is 5.18. The minimum Gasteiger partial charge on any atom is -0.504 e. The van der Waals surface area contributed by atoms with Crippen molar-refractivity contribution in [3.8, 4) is 17.2 Å². The van der Waals surface area contributed by atoms with E-state index in [1.807, 2.05) is 6.92 Å². The van der Waals surface area contributed by atoms with Gasteiger partial charge in [0.05, 0.1) is 5.56 Å². The monoisotopic (exact) mass is 304 g/mol. The second-order valence-corrected chi connectivity index (χ2v) is 5.62. The van der Waals surface area contributed by atoms with E-state index in [9.17, 15) is 20.1 Å². The Kier molecular flexibility index (Phi) is 4.75. The van der Waals surface area contributed by atoms with Gasteiger partial charge in [0.2, 0.25) is 0 Å². The fourth-order valence-electron chi connectivity index (χ4n) is 2.43. The van der Waals surface area contributed by atoms with Crippen molar-refractivity contribution >= 4 is 5.97 Å². The molecule has 0 saturated carbocycles. The zero-order valence-corrected chi connectivity index (χ0v) is 12.5. The third-order valence-corrected chi connectivity index (χ3v) is 3.90. The largest absolute Gasteiger partial charge is 0.504 e. The highest BCUT2D eigenvalue weighted by Gasteiger charge is 2.18. The lowest BCUT2D eigenvalue weighted by Gasteiger charge is -2.22. The Hall–Kier alpha value is -2.43. The zero-order chi connectivity index (χ0) is 16.3. The summed E-state index contributed by atoms with van der Waals surface area (Å²) in [4.78, 5) is 11.9. The highest BCUT2D eigenvalue weighted by atomic mass is 16.5. The molecule has 5 heteroatoms. The lowest BCUT2D eigenvalue weighted by molar-refractivity contribution is 0.0534. The number of hydrogen-bond acceptors (Lipinski definition) is 5. The molecule has 0 saturated heterocycles. The fraction of sp³-hybridized carbons (Fsp3) is 0.353. The minimum atomic E-state index is -0.659. The maximum atomic E-state index is 11.9. The number of esters is 1. The van der Waals surface area contributed by atoms with Gasteiger partial charge in [-0.1, -0.05) is 18.2 Å². The summed E-state index contributed by atoms with van der Waals surface area (Å²) in [5.41, 5.74) is 2.21. The second-order valence-electron chi connectivity index (χ2n) is 5.62. The molecular weight excluding hydrogens is 284 g/mol. The van der Waals surface area contributed by atoms with E-state index >= 15 is 0 Å². The third kappa shape index (κ3) is 3.61. The molecule has 0 fully saturated rings. The Balaban J connectivity index is 1.95. The number of hydrogen-bond donors (Lipinski definition) is 3. The lowest BCUT2D eigenvalue weighted by Crippen LogP contribution is -2.12. The Labute approximate surface area is 129 Å². The van der Waals surface area contributed by atoms with Crippen LogP contribution in [0.3, 0.4) is 0 Å². The molecule has 1 atom stereocenters. The van der Waals surface area contributed by atoms with Crippen LogP contribution in [0.5, 0.6) is 17.2 Å². The van der Waals surface area contributed by atoms with Gasteiger partial charge in [-0.2, -0.15) is 0 Å². The number of ether oxygens (including phenoxy) is 1. The van der Waals surface area contributed by atoms with E-state index in [4.69, 9.17) is 4.74 Å². The van der Waals surface area contributed by atoms with Crippen molar-refractivity contribution < 1.29 is 24.9 Å². The third-order valence-electron chi connectivity index (χ3n) is 3.90. The predicted molar refractivity (Wildman–Crippen MR) is 82.0 cm³/mol. The highest BCUT2D eigenvalue weighted by molar-refractivity contribution is 5.91. The van der Waals surface area contributed by atoms with Crippen LogP contribution in [-0.2, 0) is 4.74 Å². The molecule has 1 aliphatic carbocycles. The van der Waals surface area contributed by atoms with Gasteiger partial charge < -0.3 is 20.1 Å². The molecule has 0 aliphatic heterocycles. The number of rotatable bonds is 4. The van der Waals surface area contributed by atoms with Crippen molar-refractivity contribution in [3.05, 3.63) is 41.5 Å². The first-order chi connectivity index (χ1) is 10.4. The van der Waals surface area contributed by atoms with Crippen molar-refractivity contribution in [1.29, 1.82) is 0 Å². The van der Waals surface area contributed by atoms with E-state index in [-0.39, 0.29) is 12.2 Å². The first kappa shape index (κ1) is 15.9. The molecule has 0 aromatic heterocycles. The van der Waals surface area contributed by atoms with Crippen LogP contribution in [0.15, 0.2) is 35.9 Å². The summed E-state index contributed by atoms with van der Waals surface area (Å²) in [5, 5.41) is 28.0. The summed E-state index contributed by atoms with van der Waals surface area (Å²) in [6.07, 6.45) is 4.83. The number of allylic oxidation sites excluding steroid dienone is 2. The van der Waals surface area contributed by atoms with Crippen LogP contribution in [0.4, 0.5) is 0 Å².